The quantitative estimate of drug-likeness (QED) is 0.166. The summed E-state index contributed by atoms with van der Waals surface area (Å²) in [5.74, 6) is 0. The summed E-state index contributed by atoms with van der Waals surface area (Å²) in [4.78, 5) is 4.88. The Balaban J connectivity index is 0.990. The fraction of sp³-hybridized carbons (Fsp3) is 0.229. The molecular formula is C70H66N2O2. The third kappa shape index (κ3) is 8.07. The minimum Gasteiger partial charge on any atom is -0.456 e. The summed E-state index contributed by atoms with van der Waals surface area (Å²) in [5, 5.41) is 11.4. The van der Waals surface area contributed by atoms with E-state index >= 15 is 0 Å². The Morgan fingerprint density at radius 1 is 0.270 bits per heavy atom. The van der Waals surface area contributed by atoms with Gasteiger partial charge < -0.3 is 18.6 Å². The fourth-order valence-corrected chi connectivity index (χ4v) is 11.3. The molecule has 0 bridgehead atoms. The van der Waals surface area contributed by atoms with Crippen LogP contribution < -0.4 is 9.80 Å². The average Bonchev–Trinajstić information content (AvgIpc) is 3.91. The van der Waals surface area contributed by atoms with E-state index < -0.39 is 0 Å². The van der Waals surface area contributed by atoms with Gasteiger partial charge in [0.25, 0.3) is 0 Å². The monoisotopic (exact) mass is 967 g/mol. The van der Waals surface area contributed by atoms with E-state index in [0.29, 0.717) is 0 Å². The molecule has 4 heteroatoms. The minimum atomic E-state index is -0.119. The van der Waals surface area contributed by atoms with Gasteiger partial charge in [-0.05, 0) is 138 Å². The van der Waals surface area contributed by atoms with Gasteiger partial charge in [-0.15, -0.1) is 0 Å². The second-order valence-electron chi connectivity index (χ2n) is 24.7. The first-order valence-electron chi connectivity index (χ1n) is 26.3. The summed E-state index contributed by atoms with van der Waals surface area (Å²) in [5.41, 5.74) is 15.1. The van der Waals surface area contributed by atoms with Crippen molar-refractivity contribution in [1.29, 1.82) is 0 Å². The molecule has 2 heterocycles. The number of furan rings is 2. The molecule has 368 valence electrons. The van der Waals surface area contributed by atoms with E-state index in [4.69, 9.17) is 8.83 Å². The van der Waals surface area contributed by atoms with Crippen molar-refractivity contribution < 1.29 is 8.83 Å². The first kappa shape index (κ1) is 47.2. The molecule has 0 saturated heterocycles. The highest BCUT2D eigenvalue weighted by atomic mass is 16.3. The molecule has 0 unspecified atom stereocenters. The van der Waals surface area contributed by atoms with Crippen molar-refractivity contribution in [2.45, 2.75) is 105 Å². The molecule has 0 aliphatic rings. The molecule has 0 radical (unpaired) electrons. The molecule has 0 spiro atoms. The van der Waals surface area contributed by atoms with Gasteiger partial charge in [0.15, 0.2) is 0 Å². The summed E-state index contributed by atoms with van der Waals surface area (Å²) < 4.78 is 13.8. The van der Waals surface area contributed by atoms with Crippen LogP contribution >= 0.6 is 0 Å². The number of hydrogen-bond donors (Lipinski definition) is 0. The van der Waals surface area contributed by atoms with Crippen molar-refractivity contribution in [3.8, 4) is 0 Å². The summed E-state index contributed by atoms with van der Waals surface area (Å²) in [6.07, 6.45) is 0. The Labute approximate surface area is 435 Å². The van der Waals surface area contributed by atoms with E-state index in [2.05, 4.69) is 275 Å². The zero-order valence-corrected chi connectivity index (χ0v) is 45.0. The largest absolute Gasteiger partial charge is 0.456 e. The van der Waals surface area contributed by atoms with Crippen LogP contribution in [0.4, 0.5) is 34.1 Å². The van der Waals surface area contributed by atoms with Gasteiger partial charge >= 0.3 is 0 Å². The molecule has 10 aromatic carbocycles. The third-order valence-corrected chi connectivity index (χ3v) is 15.4. The lowest BCUT2D eigenvalue weighted by Crippen LogP contribution is -2.20. The predicted octanol–water partition coefficient (Wildman–Crippen LogP) is 21.1. The van der Waals surface area contributed by atoms with Crippen LogP contribution in [0.3, 0.4) is 0 Å². The fourth-order valence-electron chi connectivity index (χ4n) is 11.3. The lowest BCUT2D eigenvalue weighted by Gasteiger charge is -2.33. The zero-order valence-electron chi connectivity index (χ0n) is 45.0. The molecule has 0 aliphatic carbocycles. The smallest absolute Gasteiger partial charge is 0.137 e. The van der Waals surface area contributed by atoms with Crippen molar-refractivity contribution >= 4 is 110 Å². The number of fused-ring (bicyclic) bond motifs is 9. The zero-order chi connectivity index (χ0) is 51.6. The van der Waals surface area contributed by atoms with Gasteiger partial charge in [-0.2, -0.15) is 0 Å². The highest BCUT2D eigenvalue weighted by Gasteiger charge is 2.29. The van der Waals surface area contributed by atoms with E-state index in [1.54, 1.807) is 0 Å². The lowest BCUT2D eigenvalue weighted by atomic mass is 9.83. The maximum Gasteiger partial charge on any atom is 0.137 e. The molecule has 0 saturated carbocycles. The Morgan fingerprint density at radius 3 is 0.986 bits per heavy atom. The van der Waals surface area contributed by atoms with Crippen molar-refractivity contribution in [1.82, 2.24) is 0 Å². The Kier molecular flexibility index (Phi) is 10.8. The van der Waals surface area contributed by atoms with Gasteiger partial charge in [0.2, 0.25) is 0 Å². The highest BCUT2D eigenvalue weighted by Crippen LogP contribution is 2.49. The van der Waals surface area contributed by atoms with Crippen molar-refractivity contribution in [2.75, 3.05) is 9.80 Å². The maximum atomic E-state index is 6.91. The summed E-state index contributed by atoms with van der Waals surface area (Å²) in [6.45, 7) is 27.5. The number of anilines is 6. The van der Waals surface area contributed by atoms with Gasteiger partial charge in [-0.1, -0.05) is 180 Å². The standard InChI is InChI=1S/C70H66N2O2/c1-67(2,3)47-23-27-49(28-24-47)71(65-53-19-15-13-17-43(53)21-35-59(65)69(7,8)9)51-31-33-55-57-37-45-40-62-58(38-46(45)39-61(57)73-63(55)41-51)56-34-32-52(42-64(56)74-62)72(50-29-25-48(26-30-50)68(4,5)6)66-54-20-16-14-18-44(54)22-36-60(66)70(10,11)12/h13-42H,1-12H3. The van der Waals surface area contributed by atoms with Gasteiger partial charge in [0, 0.05) is 67.2 Å². The van der Waals surface area contributed by atoms with Crippen LogP contribution in [-0.2, 0) is 21.7 Å². The van der Waals surface area contributed by atoms with Crippen LogP contribution in [0.15, 0.2) is 191 Å². The maximum absolute atomic E-state index is 6.91. The summed E-state index contributed by atoms with van der Waals surface area (Å²) in [6, 6.07) is 67.3. The second-order valence-corrected chi connectivity index (χ2v) is 24.7. The summed E-state index contributed by atoms with van der Waals surface area (Å²) in [7, 11) is 0. The van der Waals surface area contributed by atoms with E-state index in [1.165, 1.54) is 55.2 Å². The molecule has 0 N–H and O–H groups in total. The van der Waals surface area contributed by atoms with Gasteiger partial charge in [-0.25, -0.2) is 0 Å². The van der Waals surface area contributed by atoms with Crippen LogP contribution in [0.1, 0.15) is 105 Å². The first-order valence-corrected chi connectivity index (χ1v) is 26.3. The van der Waals surface area contributed by atoms with E-state index in [0.717, 1.165) is 77.4 Å². The minimum absolute atomic E-state index is 0.0341. The first-order chi connectivity index (χ1) is 35.2. The number of nitrogens with zero attached hydrogens (tertiary/aromatic N) is 2. The normalized spacial score (nSPS) is 12.9. The van der Waals surface area contributed by atoms with E-state index in [9.17, 15) is 0 Å². The third-order valence-electron chi connectivity index (χ3n) is 15.4. The highest BCUT2D eigenvalue weighted by molar-refractivity contribution is 6.16. The molecule has 2 aromatic heterocycles. The molecule has 0 atom stereocenters. The van der Waals surface area contributed by atoms with Gasteiger partial charge in [0.05, 0.1) is 11.4 Å². The predicted molar refractivity (Wildman–Crippen MR) is 318 cm³/mol. The Bertz CT molecular complexity index is 3890. The number of rotatable bonds is 6. The molecule has 0 amide bonds. The lowest BCUT2D eigenvalue weighted by molar-refractivity contribution is 0.589. The average molecular weight is 967 g/mol. The molecule has 4 nitrogen and oxygen atoms in total. The Hall–Kier alpha value is -7.82. The van der Waals surface area contributed by atoms with Crippen LogP contribution in [0, 0.1) is 0 Å². The molecular weight excluding hydrogens is 901 g/mol. The number of hydrogen-bond acceptors (Lipinski definition) is 4. The Morgan fingerprint density at radius 2 is 0.622 bits per heavy atom. The van der Waals surface area contributed by atoms with Crippen LogP contribution in [0.5, 0.6) is 0 Å². The van der Waals surface area contributed by atoms with E-state index in [1.807, 2.05) is 0 Å². The van der Waals surface area contributed by atoms with Crippen LogP contribution in [0.2, 0.25) is 0 Å². The van der Waals surface area contributed by atoms with Gasteiger partial charge in [0.1, 0.15) is 22.3 Å². The molecule has 12 aromatic rings. The SMILES string of the molecule is CC(C)(C)c1ccc(N(c2ccc3c(c2)oc2cc4cc5c(cc4cc23)oc2cc(N(c3ccc(C(C)(C)C)cc3)c3c(C(C)(C)C)ccc4ccccc34)ccc25)c2c(C(C)(C)C)ccc3ccccc23)cc1. The summed E-state index contributed by atoms with van der Waals surface area (Å²) >= 11 is 0. The topological polar surface area (TPSA) is 32.8 Å². The second kappa shape index (κ2) is 16.9. The van der Waals surface area contributed by atoms with E-state index in [-0.39, 0.29) is 21.7 Å². The van der Waals surface area contributed by atoms with Gasteiger partial charge in [-0.3, -0.25) is 0 Å². The molecule has 12 rings (SSSR count). The molecule has 0 aliphatic heterocycles. The van der Waals surface area contributed by atoms with Crippen molar-refractivity contribution in [3.05, 3.63) is 204 Å². The molecule has 0 fully saturated rings. The molecule has 74 heavy (non-hydrogen) atoms. The van der Waals surface area contributed by atoms with Crippen LogP contribution in [-0.4, -0.2) is 0 Å². The van der Waals surface area contributed by atoms with Crippen LogP contribution in [0.25, 0.3) is 76.2 Å². The number of benzene rings is 10. The van der Waals surface area contributed by atoms with Crippen molar-refractivity contribution in [3.63, 3.8) is 0 Å². The van der Waals surface area contributed by atoms with Crippen molar-refractivity contribution in [2.24, 2.45) is 0 Å².